The monoisotopic (exact) mass is 330 g/mol. The predicted octanol–water partition coefficient (Wildman–Crippen LogP) is 1.79. The van der Waals surface area contributed by atoms with Gasteiger partial charge in [0.2, 0.25) is 10.0 Å². The van der Waals surface area contributed by atoms with Gasteiger partial charge < -0.3 is 10.1 Å². The van der Waals surface area contributed by atoms with E-state index in [1.165, 1.54) is 31.9 Å². The molecule has 0 aromatic heterocycles. The van der Waals surface area contributed by atoms with Crippen molar-refractivity contribution >= 4 is 10.0 Å². The normalized spacial score (nSPS) is 35.2. The molecule has 128 valence electrons. The highest BCUT2D eigenvalue weighted by atomic mass is 32.2. The summed E-state index contributed by atoms with van der Waals surface area (Å²) in [7, 11) is -3.11. The molecule has 1 spiro atoms. The van der Waals surface area contributed by atoms with Gasteiger partial charge in [-0.3, -0.25) is 0 Å². The maximum atomic E-state index is 11.5. The molecule has 6 heteroatoms. The Morgan fingerprint density at radius 1 is 1.14 bits per heavy atom. The van der Waals surface area contributed by atoms with Crippen LogP contribution in [-0.2, 0) is 14.8 Å². The zero-order valence-corrected chi connectivity index (χ0v) is 14.5. The fourth-order valence-electron chi connectivity index (χ4n) is 4.32. The van der Waals surface area contributed by atoms with E-state index in [-0.39, 0.29) is 11.6 Å². The lowest BCUT2D eigenvalue weighted by molar-refractivity contribution is -0.135. The van der Waals surface area contributed by atoms with Gasteiger partial charge in [0.25, 0.3) is 0 Å². The Balaban J connectivity index is 1.50. The number of hydrogen-bond acceptors (Lipinski definition) is 4. The Morgan fingerprint density at radius 3 is 2.59 bits per heavy atom. The third-order valence-electron chi connectivity index (χ3n) is 5.70. The van der Waals surface area contributed by atoms with Crippen LogP contribution in [0.5, 0.6) is 0 Å². The molecule has 2 saturated carbocycles. The van der Waals surface area contributed by atoms with Crippen molar-refractivity contribution < 1.29 is 13.2 Å². The molecule has 22 heavy (non-hydrogen) atoms. The maximum Gasteiger partial charge on any atom is 0.208 e. The molecule has 1 aliphatic heterocycles. The molecule has 5 nitrogen and oxygen atoms in total. The van der Waals surface area contributed by atoms with E-state index in [9.17, 15) is 8.42 Å². The Kier molecular flexibility index (Phi) is 5.12. The fourth-order valence-corrected chi connectivity index (χ4v) is 5.18. The van der Waals surface area contributed by atoms with Crippen LogP contribution in [0, 0.1) is 5.92 Å². The molecule has 3 aliphatic rings. The predicted molar refractivity (Wildman–Crippen MR) is 87.3 cm³/mol. The summed E-state index contributed by atoms with van der Waals surface area (Å²) < 4.78 is 31.9. The highest BCUT2D eigenvalue weighted by molar-refractivity contribution is 7.88. The van der Waals surface area contributed by atoms with Crippen LogP contribution in [0.15, 0.2) is 0 Å². The molecule has 1 saturated heterocycles. The Bertz CT molecular complexity index is 476. The Hall–Kier alpha value is -0.170. The first-order chi connectivity index (χ1) is 10.5. The quantitative estimate of drug-likeness (QED) is 0.806. The minimum atomic E-state index is -3.11. The molecule has 0 amide bonds. The van der Waals surface area contributed by atoms with Crippen molar-refractivity contribution in [3.8, 4) is 0 Å². The van der Waals surface area contributed by atoms with E-state index < -0.39 is 10.0 Å². The number of sulfonamides is 1. The highest BCUT2D eigenvalue weighted by Gasteiger charge is 2.42. The average Bonchev–Trinajstić information content (AvgIpc) is 2.43. The van der Waals surface area contributed by atoms with E-state index in [2.05, 4.69) is 10.0 Å². The van der Waals surface area contributed by atoms with Crippen LogP contribution in [-0.4, -0.2) is 45.5 Å². The summed E-state index contributed by atoms with van der Waals surface area (Å²) in [5.41, 5.74) is 0.174. The van der Waals surface area contributed by atoms with Gasteiger partial charge in [0.15, 0.2) is 0 Å². The van der Waals surface area contributed by atoms with E-state index in [0.29, 0.717) is 12.0 Å². The van der Waals surface area contributed by atoms with Gasteiger partial charge in [0, 0.05) is 18.7 Å². The average molecular weight is 330 g/mol. The van der Waals surface area contributed by atoms with Gasteiger partial charge in [-0.25, -0.2) is 13.1 Å². The van der Waals surface area contributed by atoms with Crippen molar-refractivity contribution in [2.45, 2.75) is 75.5 Å². The van der Waals surface area contributed by atoms with Crippen LogP contribution < -0.4 is 10.0 Å². The van der Waals surface area contributed by atoms with Crippen molar-refractivity contribution in [1.29, 1.82) is 0 Å². The first kappa shape index (κ1) is 16.7. The molecule has 1 heterocycles. The van der Waals surface area contributed by atoms with Gasteiger partial charge in [-0.1, -0.05) is 12.8 Å². The summed E-state index contributed by atoms with van der Waals surface area (Å²) in [5, 5.41) is 3.72. The van der Waals surface area contributed by atoms with E-state index in [1.54, 1.807) is 0 Å². The van der Waals surface area contributed by atoms with Crippen molar-refractivity contribution in [1.82, 2.24) is 10.0 Å². The second kappa shape index (κ2) is 6.75. The van der Waals surface area contributed by atoms with Gasteiger partial charge in [-0.15, -0.1) is 0 Å². The Morgan fingerprint density at radius 2 is 1.91 bits per heavy atom. The van der Waals surface area contributed by atoms with Gasteiger partial charge in [-0.2, -0.15) is 0 Å². The zero-order chi connectivity index (χ0) is 15.6. The SMILES string of the molecule is CS(=O)(=O)N[C@@H]1CCCC[C@@H]1CN[C@H]1CCOC2(CCC2)C1. The number of nitrogens with one attached hydrogen (secondary N) is 2. The minimum absolute atomic E-state index is 0.105. The summed E-state index contributed by atoms with van der Waals surface area (Å²) in [6.45, 7) is 1.79. The molecule has 0 aromatic carbocycles. The summed E-state index contributed by atoms with van der Waals surface area (Å²) >= 11 is 0. The molecular weight excluding hydrogens is 300 g/mol. The summed E-state index contributed by atoms with van der Waals surface area (Å²) in [4.78, 5) is 0. The second-order valence-corrected chi connectivity index (χ2v) is 9.30. The Labute approximate surface area is 134 Å². The maximum absolute atomic E-state index is 11.5. The molecular formula is C16H30N2O3S. The fraction of sp³-hybridized carbons (Fsp3) is 1.00. The van der Waals surface area contributed by atoms with Crippen molar-refractivity contribution in [2.24, 2.45) is 5.92 Å². The van der Waals surface area contributed by atoms with Gasteiger partial charge in [0.05, 0.1) is 11.9 Å². The van der Waals surface area contributed by atoms with Crippen LogP contribution in [0.4, 0.5) is 0 Å². The number of ether oxygens (including phenoxy) is 1. The van der Waals surface area contributed by atoms with Crippen LogP contribution in [0.25, 0.3) is 0 Å². The second-order valence-electron chi connectivity index (χ2n) is 7.52. The molecule has 0 aromatic rings. The van der Waals surface area contributed by atoms with Crippen molar-refractivity contribution in [3.05, 3.63) is 0 Å². The molecule has 0 unspecified atom stereocenters. The van der Waals surface area contributed by atoms with E-state index in [0.717, 1.165) is 45.3 Å². The molecule has 3 atom stereocenters. The lowest BCUT2D eigenvalue weighted by Crippen LogP contribution is -2.53. The third kappa shape index (κ3) is 4.22. The first-order valence-electron chi connectivity index (χ1n) is 8.80. The van der Waals surface area contributed by atoms with Crippen LogP contribution in [0.2, 0.25) is 0 Å². The van der Waals surface area contributed by atoms with E-state index >= 15 is 0 Å². The number of hydrogen-bond donors (Lipinski definition) is 2. The summed E-state index contributed by atoms with van der Waals surface area (Å²) in [5.74, 6) is 0.420. The van der Waals surface area contributed by atoms with Gasteiger partial charge >= 0.3 is 0 Å². The summed E-state index contributed by atoms with van der Waals surface area (Å²) in [6.07, 6.45) is 11.6. The first-order valence-corrected chi connectivity index (χ1v) is 10.7. The van der Waals surface area contributed by atoms with Crippen LogP contribution >= 0.6 is 0 Å². The van der Waals surface area contributed by atoms with Crippen LogP contribution in [0.1, 0.15) is 57.8 Å². The lowest BCUT2D eigenvalue weighted by Gasteiger charge is -2.47. The number of rotatable bonds is 5. The standard InChI is InChI=1S/C16H30N2O3S/c1-22(19,20)18-15-6-3-2-5-13(15)12-17-14-7-10-21-16(11-14)8-4-9-16/h13-15,17-18H,2-12H2,1H3/t13-,14+,15-/m1/s1. The van der Waals surface area contributed by atoms with Crippen LogP contribution in [0.3, 0.4) is 0 Å². The molecule has 0 bridgehead atoms. The molecule has 3 rings (SSSR count). The van der Waals surface area contributed by atoms with Gasteiger partial charge in [0.1, 0.15) is 0 Å². The zero-order valence-electron chi connectivity index (χ0n) is 13.6. The summed E-state index contributed by atoms with van der Waals surface area (Å²) in [6, 6.07) is 0.642. The molecule has 3 fully saturated rings. The highest BCUT2D eigenvalue weighted by Crippen LogP contribution is 2.42. The van der Waals surface area contributed by atoms with E-state index in [4.69, 9.17) is 4.74 Å². The lowest BCUT2D eigenvalue weighted by atomic mass is 9.74. The third-order valence-corrected chi connectivity index (χ3v) is 6.43. The smallest absolute Gasteiger partial charge is 0.208 e. The molecule has 0 radical (unpaired) electrons. The largest absolute Gasteiger partial charge is 0.375 e. The molecule has 2 aliphatic carbocycles. The topological polar surface area (TPSA) is 67.4 Å². The van der Waals surface area contributed by atoms with E-state index in [1.807, 2.05) is 0 Å². The minimum Gasteiger partial charge on any atom is -0.375 e. The van der Waals surface area contributed by atoms with Crippen molar-refractivity contribution in [3.63, 3.8) is 0 Å². The molecule has 2 N–H and O–H groups in total. The van der Waals surface area contributed by atoms with Gasteiger partial charge in [-0.05, 0) is 57.4 Å². The van der Waals surface area contributed by atoms with Crippen molar-refractivity contribution in [2.75, 3.05) is 19.4 Å².